The first-order valence-corrected chi connectivity index (χ1v) is 4.73. The third-order valence-corrected chi connectivity index (χ3v) is 1.77. The van der Waals surface area contributed by atoms with Crippen molar-refractivity contribution in [2.24, 2.45) is 0 Å². The van der Waals surface area contributed by atoms with Gasteiger partial charge in [0, 0.05) is 0 Å². The van der Waals surface area contributed by atoms with E-state index >= 15 is 0 Å². The summed E-state index contributed by atoms with van der Waals surface area (Å²) in [5, 5.41) is 0. The summed E-state index contributed by atoms with van der Waals surface area (Å²) in [6.45, 7) is 5.70. The van der Waals surface area contributed by atoms with Gasteiger partial charge in [0.2, 0.25) is 0 Å². The molecule has 1 heterocycles. The summed E-state index contributed by atoms with van der Waals surface area (Å²) in [5.41, 5.74) is 2.00. The Labute approximate surface area is 82.8 Å². The van der Waals surface area contributed by atoms with Crippen LogP contribution < -0.4 is 5.56 Å². The number of aromatic nitrogens is 2. The van der Waals surface area contributed by atoms with Gasteiger partial charge in [-0.2, -0.15) is 0 Å². The standard InChI is InChI=1S/C9H8N2O.C2H6/c1-6-9(12)11-8-5-3-2-4-7(8)10-6;1-2/h2-5H,1H3,(H,11,12);1-2H3. The molecule has 0 fully saturated rings. The van der Waals surface area contributed by atoms with E-state index in [2.05, 4.69) is 9.97 Å². The smallest absolute Gasteiger partial charge is 0.269 e. The van der Waals surface area contributed by atoms with Gasteiger partial charge in [-0.05, 0) is 19.1 Å². The molecule has 0 spiro atoms. The van der Waals surface area contributed by atoms with E-state index in [1.807, 2.05) is 38.1 Å². The van der Waals surface area contributed by atoms with E-state index in [1.54, 1.807) is 6.92 Å². The molecule has 0 bridgehead atoms. The second-order valence-corrected chi connectivity index (χ2v) is 2.67. The molecule has 1 aromatic heterocycles. The summed E-state index contributed by atoms with van der Waals surface area (Å²) in [7, 11) is 0. The van der Waals surface area contributed by atoms with Crippen molar-refractivity contribution >= 4 is 11.0 Å². The van der Waals surface area contributed by atoms with Crippen LogP contribution in [0.5, 0.6) is 0 Å². The largest absolute Gasteiger partial charge is 0.319 e. The van der Waals surface area contributed by atoms with E-state index in [9.17, 15) is 4.79 Å². The molecule has 0 aliphatic heterocycles. The highest BCUT2D eigenvalue weighted by molar-refractivity contribution is 5.73. The zero-order valence-electron chi connectivity index (χ0n) is 8.66. The molecule has 0 aliphatic rings. The number of rotatable bonds is 0. The minimum absolute atomic E-state index is 0.117. The van der Waals surface area contributed by atoms with E-state index in [1.165, 1.54) is 0 Å². The molecule has 2 rings (SSSR count). The van der Waals surface area contributed by atoms with Gasteiger partial charge >= 0.3 is 0 Å². The molecule has 0 radical (unpaired) electrons. The second kappa shape index (κ2) is 4.56. The molecule has 0 amide bonds. The Kier molecular flexibility index (Phi) is 3.40. The summed E-state index contributed by atoms with van der Waals surface area (Å²) in [6.07, 6.45) is 0. The lowest BCUT2D eigenvalue weighted by atomic mass is 10.3. The number of aryl methyl sites for hydroxylation is 1. The molecule has 0 unspecified atom stereocenters. The van der Waals surface area contributed by atoms with Gasteiger partial charge in [0.25, 0.3) is 5.56 Å². The number of fused-ring (bicyclic) bond motifs is 1. The van der Waals surface area contributed by atoms with Crippen molar-refractivity contribution in [3.8, 4) is 0 Å². The molecule has 0 saturated carbocycles. The molecule has 3 nitrogen and oxygen atoms in total. The molecule has 0 saturated heterocycles. The third-order valence-electron chi connectivity index (χ3n) is 1.77. The summed E-state index contributed by atoms with van der Waals surface area (Å²) < 4.78 is 0. The van der Waals surface area contributed by atoms with Crippen LogP contribution in [0.25, 0.3) is 11.0 Å². The number of para-hydroxylation sites is 2. The first-order valence-electron chi connectivity index (χ1n) is 4.73. The molecule has 1 aromatic carbocycles. The normalized spacial score (nSPS) is 9.36. The fraction of sp³-hybridized carbons (Fsp3) is 0.273. The average Bonchev–Trinajstić information content (AvgIpc) is 2.23. The van der Waals surface area contributed by atoms with Crippen LogP contribution in [-0.2, 0) is 0 Å². The molecule has 2 aromatic rings. The van der Waals surface area contributed by atoms with E-state index < -0.39 is 0 Å². The van der Waals surface area contributed by atoms with Crippen molar-refractivity contribution < 1.29 is 0 Å². The van der Waals surface area contributed by atoms with Gasteiger partial charge in [-0.1, -0.05) is 26.0 Å². The Balaban J connectivity index is 0.000000461. The van der Waals surface area contributed by atoms with Crippen LogP contribution in [0, 0.1) is 6.92 Å². The first-order chi connectivity index (χ1) is 6.77. The number of nitrogens with one attached hydrogen (secondary N) is 1. The monoisotopic (exact) mass is 190 g/mol. The van der Waals surface area contributed by atoms with Crippen molar-refractivity contribution in [3.05, 3.63) is 40.3 Å². The van der Waals surface area contributed by atoms with Gasteiger partial charge in [-0.15, -0.1) is 0 Å². The van der Waals surface area contributed by atoms with E-state index in [0.29, 0.717) is 5.69 Å². The van der Waals surface area contributed by atoms with Crippen LogP contribution >= 0.6 is 0 Å². The maximum atomic E-state index is 11.1. The zero-order chi connectivity index (χ0) is 10.6. The number of H-pyrrole nitrogens is 1. The van der Waals surface area contributed by atoms with Gasteiger partial charge in [0.15, 0.2) is 0 Å². The molecule has 74 valence electrons. The maximum absolute atomic E-state index is 11.1. The quantitative estimate of drug-likeness (QED) is 0.692. The minimum atomic E-state index is -0.117. The molecule has 0 aliphatic carbocycles. The van der Waals surface area contributed by atoms with Crippen molar-refractivity contribution in [1.29, 1.82) is 0 Å². The SMILES string of the molecule is CC.Cc1nc2ccccc2[nH]c1=O. The Morgan fingerprint density at radius 3 is 2.57 bits per heavy atom. The summed E-state index contributed by atoms with van der Waals surface area (Å²) in [6, 6.07) is 7.48. The van der Waals surface area contributed by atoms with Crippen LogP contribution in [0.3, 0.4) is 0 Å². The Morgan fingerprint density at radius 2 is 1.86 bits per heavy atom. The fourth-order valence-corrected chi connectivity index (χ4v) is 1.12. The number of hydrogen-bond acceptors (Lipinski definition) is 2. The third kappa shape index (κ3) is 1.99. The highest BCUT2D eigenvalue weighted by Crippen LogP contribution is 2.04. The Morgan fingerprint density at radius 1 is 1.21 bits per heavy atom. The first kappa shape index (κ1) is 10.4. The molecule has 14 heavy (non-hydrogen) atoms. The van der Waals surface area contributed by atoms with Gasteiger partial charge in [-0.25, -0.2) is 4.98 Å². The minimum Gasteiger partial charge on any atom is -0.319 e. The van der Waals surface area contributed by atoms with Crippen molar-refractivity contribution in [3.63, 3.8) is 0 Å². The van der Waals surface area contributed by atoms with Crippen molar-refractivity contribution in [2.45, 2.75) is 20.8 Å². The van der Waals surface area contributed by atoms with Crippen LogP contribution in [0.4, 0.5) is 0 Å². The van der Waals surface area contributed by atoms with Crippen LogP contribution in [-0.4, -0.2) is 9.97 Å². The topological polar surface area (TPSA) is 45.8 Å². The number of aromatic amines is 1. The second-order valence-electron chi connectivity index (χ2n) is 2.67. The predicted molar refractivity (Wildman–Crippen MR) is 58.4 cm³/mol. The predicted octanol–water partition coefficient (Wildman–Crippen LogP) is 2.26. The number of benzene rings is 1. The molecular weight excluding hydrogens is 176 g/mol. The maximum Gasteiger partial charge on any atom is 0.269 e. The van der Waals surface area contributed by atoms with Crippen molar-refractivity contribution in [2.75, 3.05) is 0 Å². The Hall–Kier alpha value is -1.64. The lowest BCUT2D eigenvalue weighted by molar-refractivity contribution is 1.12. The highest BCUT2D eigenvalue weighted by Gasteiger charge is 1.97. The molecule has 3 heteroatoms. The molecule has 0 atom stereocenters. The van der Waals surface area contributed by atoms with Crippen LogP contribution in [0.15, 0.2) is 29.1 Å². The zero-order valence-corrected chi connectivity index (χ0v) is 8.66. The van der Waals surface area contributed by atoms with E-state index in [4.69, 9.17) is 0 Å². The summed E-state index contributed by atoms with van der Waals surface area (Å²) in [5.74, 6) is 0. The van der Waals surface area contributed by atoms with Gasteiger partial charge in [-0.3, -0.25) is 4.79 Å². The Bertz CT molecular complexity index is 474. The number of nitrogens with zero attached hydrogens (tertiary/aromatic N) is 1. The van der Waals surface area contributed by atoms with E-state index in [-0.39, 0.29) is 5.56 Å². The summed E-state index contributed by atoms with van der Waals surface area (Å²) >= 11 is 0. The number of hydrogen-bond donors (Lipinski definition) is 1. The van der Waals surface area contributed by atoms with Crippen molar-refractivity contribution in [1.82, 2.24) is 9.97 Å². The lowest BCUT2D eigenvalue weighted by Crippen LogP contribution is -2.11. The van der Waals surface area contributed by atoms with Crippen LogP contribution in [0.1, 0.15) is 19.5 Å². The fourth-order valence-electron chi connectivity index (χ4n) is 1.12. The van der Waals surface area contributed by atoms with Gasteiger partial charge in [0.05, 0.1) is 11.0 Å². The van der Waals surface area contributed by atoms with Gasteiger partial charge in [0.1, 0.15) is 5.69 Å². The molecule has 1 N–H and O–H groups in total. The van der Waals surface area contributed by atoms with E-state index in [0.717, 1.165) is 11.0 Å². The highest BCUT2D eigenvalue weighted by atomic mass is 16.1. The average molecular weight is 190 g/mol. The van der Waals surface area contributed by atoms with Gasteiger partial charge < -0.3 is 4.98 Å². The summed E-state index contributed by atoms with van der Waals surface area (Å²) in [4.78, 5) is 18.0. The molecular formula is C11H14N2O. The lowest BCUT2D eigenvalue weighted by Gasteiger charge is -1.96. The van der Waals surface area contributed by atoms with Crippen LogP contribution in [0.2, 0.25) is 0 Å².